The lowest BCUT2D eigenvalue weighted by atomic mass is 9.97. The van der Waals surface area contributed by atoms with Gasteiger partial charge < -0.3 is 20.3 Å². The van der Waals surface area contributed by atoms with Crippen molar-refractivity contribution in [3.8, 4) is 0 Å². The molecule has 134 valence electrons. The van der Waals surface area contributed by atoms with Crippen molar-refractivity contribution < 1.29 is 14.3 Å². The first-order valence-corrected chi connectivity index (χ1v) is 7.80. The minimum atomic E-state index is -0.132. The van der Waals surface area contributed by atoms with Crippen LogP contribution in [-0.2, 0) is 14.3 Å². The van der Waals surface area contributed by atoms with Gasteiger partial charge in [-0.15, -0.1) is 24.0 Å². The molecule has 8 heteroatoms. The van der Waals surface area contributed by atoms with Gasteiger partial charge in [0.15, 0.2) is 5.96 Å². The minimum absolute atomic E-state index is 0. The van der Waals surface area contributed by atoms with E-state index < -0.39 is 0 Å². The lowest BCUT2D eigenvalue weighted by Crippen LogP contribution is -2.47. The molecular weight excluding hydrogens is 411 g/mol. The van der Waals surface area contributed by atoms with Crippen LogP contribution in [0, 0.1) is 5.92 Å². The molecule has 23 heavy (non-hydrogen) atoms. The molecule has 0 aromatic heterocycles. The maximum Gasteiger partial charge on any atom is 0.308 e. The molecular formula is C15H29IN4O3. The van der Waals surface area contributed by atoms with Crippen molar-refractivity contribution in [2.45, 2.75) is 39.2 Å². The molecule has 0 atom stereocenters. The third-order valence-electron chi connectivity index (χ3n) is 3.63. The molecule has 0 bridgehead atoms. The fourth-order valence-corrected chi connectivity index (χ4v) is 2.51. The predicted octanol–water partition coefficient (Wildman–Crippen LogP) is 0.980. The summed E-state index contributed by atoms with van der Waals surface area (Å²) in [6, 6.07) is 0.157. The first kappa shape index (κ1) is 21.9. The number of hydrogen-bond acceptors (Lipinski definition) is 4. The van der Waals surface area contributed by atoms with E-state index in [1.807, 2.05) is 13.8 Å². The van der Waals surface area contributed by atoms with Gasteiger partial charge in [0.2, 0.25) is 5.91 Å². The number of likely N-dealkylation sites (tertiary alicyclic amines) is 1. The van der Waals surface area contributed by atoms with Crippen molar-refractivity contribution in [3.05, 3.63) is 0 Å². The number of guanidine groups is 1. The Morgan fingerprint density at radius 1 is 1.30 bits per heavy atom. The molecule has 1 aliphatic heterocycles. The van der Waals surface area contributed by atoms with Crippen LogP contribution in [0.3, 0.4) is 0 Å². The number of amides is 1. The van der Waals surface area contributed by atoms with Crippen LogP contribution in [0.5, 0.6) is 0 Å². The van der Waals surface area contributed by atoms with E-state index in [-0.39, 0.29) is 47.8 Å². The van der Waals surface area contributed by atoms with Gasteiger partial charge in [-0.1, -0.05) is 0 Å². The van der Waals surface area contributed by atoms with E-state index in [9.17, 15) is 9.59 Å². The molecule has 0 saturated carbocycles. The summed E-state index contributed by atoms with van der Waals surface area (Å²) in [6.45, 7) is 5.95. The Hall–Kier alpha value is -1.06. The molecule has 0 unspecified atom stereocenters. The first-order chi connectivity index (χ1) is 10.5. The van der Waals surface area contributed by atoms with Gasteiger partial charge in [0, 0.05) is 39.1 Å². The lowest BCUT2D eigenvalue weighted by molar-refractivity contribution is -0.146. The molecule has 1 amide bonds. The normalized spacial score (nSPS) is 15.9. The second-order valence-corrected chi connectivity index (χ2v) is 5.73. The third-order valence-corrected chi connectivity index (χ3v) is 3.63. The fraction of sp³-hybridized carbons (Fsp3) is 0.800. The summed E-state index contributed by atoms with van der Waals surface area (Å²) in [6.07, 6.45) is 1.94. The Balaban J connectivity index is 0.00000484. The molecule has 1 fully saturated rings. The van der Waals surface area contributed by atoms with Crippen LogP contribution < -0.4 is 10.6 Å². The average molecular weight is 440 g/mol. The Labute approximate surface area is 155 Å². The van der Waals surface area contributed by atoms with Gasteiger partial charge in [0.05, 0.1) is 13.0 Å². The molecule has 0 aliphatic carbocycles. The SMILES string of the molecule is CN=C(NCCC(=O)NC(C)C)N1CCC(C(=O)OC)CC1.I. The molecule has 1 heterocycles. The monoisotopic (exact) mass is 440 g/mol. The summed E-state index contributed by atoms with van der Waals surface area (Å²) in [5, 5.41) is 6.06. The minimum Gasteiger partial charge on any atom is -0.469 e. The number of piperidine rings is 1. The molecule has 7 nitrogen and oxygen atoms in total. The van der Waals surface area contributed by atoms with Crippen LogP contribution in [0.1, 0.15) is 33.1 Å². The standard InChI is InChI=1S/C15H28N4O3.HI/c1-11(2)18-13(20)5-8-17-15(16-3)19-9-6-12(7-10-19)14(21)22-4;/h11-12H,5-10H2,1-4H3,(H,16,17)(H,18,20);1H. The van der Waals surface area contributed by atoms with E-state index in [0.29, 0.717) is 13.0 Å². The highest BCUT2D eigenvalue weighted by Gasteiger charge is 2.26. The van der Waals surface area contributed by atoms with Crippen LogP contribution in [-0.4, -0.2) is 62.6 Å². The molecule has 1 saturated heterocycles. The van der Waals surface area contributed by atoms with Crippen LogP contribution >= 0.6 is 24.0 Å². The fourth-order valence-electron chi connectivity index (χ4n) is 2.51. The van der Waals surface area contributed by atoms with Gasteiger partial charge in [0.25, 0.3) is 0 Å². The molecule has 0 aromatic carbocycles. The number of aliphatic imine (C=N–C) groups is 1. The first-order valence-electron chi connectivity index (χ1n) is 7.80. The number of hydrogen-bond donors (Lipinski definition) is 2. The van der Waals surface area contributed by atoms with Gasteiger partial charge in [-0.2, -0.15) is 0 Å². The Kier molecular flexibility index (Phi) is 10.9. The quantitative estimate of drug-likeness (QED) is 0.288. The second-order valence-electron chi connectivity index (χ2n) is 5.73. The molecule has 1 aliphatic rings. The van der Waals surface area contributed by atoms with E-state index >= 15 is 0 Å². The smallest absolute Gasteiger partial charge is 0.308 e. The summed E-state index contributed by atoms with van der Waals surface area (Å²) >= 11 is 0. The van der Waals surface area contributed by atoms with Crippen LogP contribution in [0.15, 0.2) is 4.99 Å². The second kappa shape index (κ2) is 11.5. The third kappa shape index (κ3) is 7.85. The van der Waals surface area contributed by atoms with Crippen molar-refractivity contribution in [3.63, 3.8) is 0 Å². The van der Waals surface area contributed by atoms with Crippen molar-refractivity contribution in [2.24, 2.45) is 10.9 Å². The van der Waals surface area contributed by atoms with Gasteiger partial charge >= 0.3 is 5.97 Å². The van der Waals surface area contributed by atoms with Gasteiger partial charge in [-0.25, -0.2) is 0 Å². The molecule has 0 aromatic rings. The van der Waals surface area contributed by atoms with E-state index in [1.165, 1.54) is 7.11 Å². The van der Waals surface area contributed by atoms with Gasteiger partial charge in [0.1, 0.15) is 0 Å². The van der Waals surface area contributed by atoms with E-state index in [4.69, 9.17) is 4.74 Å². The van der Waals surface area contributed by atoms with Crippen molar-refractivity contribution in [1.82, 2.24) is 15.5 Å². The van der Waals surface area contributed by atoms with Crippen LogP contribution in [0.25, 0.3) is 0 Å². The number of ether oxygens (including phenoxy) is 1. The number of nitrogens with zero attached hydrogens (tertiary/aromatic N) is 2. The predicted molar refractivity (Wildman–Crippen MR) is 101 cm³/mol. The zero-order valence-corrected chi connectivity index (χ0v) is 16.8. The number of nitrogens with one attached hydrogen (secondary N) is 2. The van der Waals surface area contributed by atoms with Crippen molar-refractivity contribution in [2.75, 3.05) is 33.8 Å². The zero-order valence-electron chi connectivity index (χ0n) is 14.4. The Morgan fingerprint density at radius 3 is 2.39 bits per heavy atom. The lowest BCUT2D eigenvalue weighted by Gasteiger charge is -2.33. The summed E-state index contributed by atoms with van der Waals surface area (Å²) in [7, 11) is 3.15. The molecule has 2 N–H and O–H groups in total. The number of rotatable bonds is 5. The summed E-state index contributed by atoms with van der Waals surface area (Å²) < 4.78 is 4.79. The molecule has 1 rings (SSSR count). The largest absolute Gasteiger partial charge is 0.469 e. The topological polar surface area (TPSA) is 83.0 Å². The Bertz CT molecular complexity index is 408. The number of halogens is 1. The summed E-state index contributed by atoms with van der Waals surface area (Å²) in [5.74, 6) is 0.659. The van der Waals surface area contributed by atoms with Crippen LogP contribution in [0.4, 0.5) is 0 Å². The van der Waals surface area contributed by atoms with Gasteiger partial charge in [-0.3, -0.25) is 14.6 Å². The molecule has 0 radical (unpaired) electrons. The number of carbonyl (C=O) groups excluding carboxylic acids is 2. The molecule has 0 spiro atoms. The average Bonchev–Trinajstić information content (AvgIpc) is 2.50. The number of carbonyl (C=O) groups is 2. The summed E-state index contributed by atoms with van der Waals surface area (Å²) in [4.78, 5) is 29.5. The van der Waals surface area contributed by atoms with Crippen LogP contribution in [0.2, 0.25) is 0 Å². The highest BCUT2D eigenvalue weighted by atomic mass is 127. The maximum atomic E-state index is 11.6. The van der Waals surface area contributed by atoms with Crippen molar-refractivity contribution in [1.29, 1.82) is 0 Å². The van der Waals surface area contributed by atoms with E-state index in [2.05, 4.69) is 20.5 Å². The number of esters is 1. The zero-order chi connectivity index (χ0) is 16.5. The highest BCUT2D eigenvalue weighted by Crippen LogP contribution is 2.18. The summed E-state index contributed by atoms with van der Waals surface area (Å²) in [5.41, 5.74) is 0. The van der Waals surface area contributed by atoms with Crippen molar-refractivity contribution >= 4 is 41.8 Å². The van der Waals surface area contributed by atoms with E-state index in [0.717, 1.165) is 31.9 Å². The van der Waals surface area contributed by atoms with E-state index in [1.54, 1.807) is 7.05 Å². The van der Waals surface area contributed by atoms with Gasteiger partial charge in [-0.05, 0) is 26.7 Å². The number of methoxy groups -OCH3 is 1. The Morgan fingerprint density at radius 2 is 1.91 bits per heavy atom. The maximum absolute atomic E-state index is 11.6. The highest BCUT2D eigenvalue weighted by molar-refractivity contribution is 14.0.